The van der Waals surface area contributed by atoms with Gasteiger partial charge in [-0.25, -0.2) is 4.39 Å². The first kappa shape index (κ1) is 22.5. The SMILES string of the molecule is CC(C)CN(CC1CN(Cc2ccccc2)CC1c1ccc(F)cc1)C(=O)C(C)C. The summed E-state index contributed by atoms with van der Waals surface area (Å²) < 4.78 is 13.5. The molecule has 2 unspecified atom stereocenters. The first-order valence-corrected chi connectivity index (χ1v) is 11.1. The molecule has 1 saturated heterocycles. The van der Waals surface area contributed by atoms with Crippen LogP contribution in [0.2, 0.25) is 0 Å². The van der Waals surface area contributed by atoms with Gasteiger partial charge in [0.2, 0.25) is 5.91 Å². The zero-order valence-electron chi connectivity index (χ0n) is 18.7. The van der Waals surface area contributed by atoms with Gasteiger partial charge in [0.1, 0.15) is 5.82 Å². The van der Waals surface area contributed by atoms with Crippen molar-refractivity contribution in [3.05, 3.63) is 71.5 Å². The van der Waals surface area contributed by atoms with Gasteiger partial charge < -0.3 is 4.90 Å². The Kier molecular flexibility index (Phi) is 7.65. The van der Waals surface area contributed by atoms with Crippen LogP contribution in [-0.2, 0) is 11.3 Å². The minimum atomic E-state index is -0.203. The Morgan fingerprint density at radius 1 is 1.03 bits per heavy atom. The standard InChI is InChI=1S/C26H35FN2O/c1-19(2)14-29(26(30)20(3)4)17-23-16-28(15-21-8-6-5-7-9-21)18-25(23)22-10-12-24(27)13-11-22/h5-13,19-20,23,25H,14-18H2,1-4H3. The lowest BCUT2D eigenvalue weighted by atomic mass is 9.88. The van der Waals surface area contributed by atoms with Gasteiger partial charge in [-0.05, 0) is 35.1 Å². The Morgan fingerprint density at radius 3 is 2.30 bits per heavy atom. The van der Waals surface area contributed by atoms with Crippen molar-refractivity contribution in [2.45, 2.75) is 40.2 Å². The average Bonchev–Trinajstić information content (AvgIpc) is 3.10. The maximum atomic E-state index is 13.5. The number of carbonyl (C=O) groups is 1. The second-order valence-corrected chi connectivity index (χ2v) is 9.39. The van der Waals surface area contributed by atoms with Gasteiger partial charge in [-0.1, -0.05) is 70.2 Å². The molecular weight excluding hydrogens is 375 g/mol. The third-order valence-electron chi connectivity index (χ3n) is 5.91. The Bertz CT molecular complexity index is 804. The van der Waals surface area contributed by atoms with E-state index < -0.39 is 0 Å². The third-order valence-corrected chi connectivity index (χ3v) is 5.91. The molecule has 30 heavy (non-hydrogen) atoms. The molecule has 162 valence electrons. The predicted molar refractivity (Wildman–Crippen MR) is 121 cm³/mol. The van der Waals surface area contributed by atoms with Crippen LogP contribution in [0.3, 0.4) is 0 Å². The number of nitrogens with zero attached hydrogens (tertiary/aromatic N) is 2. The molecule has 0 radical (unpaired) electrons. The van der Waals surface area contributed by atoms with Crippen molar-refractivity contribution in [1.29, 1.82) is 0 Å². The third kappa shape index (κ3) is 5.91. The highest BCUT2D eigenvalue weighted by molar-refractivity contribution is 5.78. The molecule has 2 aromatic carbocycles. The normalized spacial score (nSPS) is 19.6. The van der Waals surface area contributed by atoms with E-state index in [1.807, 2.05) is 32.0 Å². The van der Waals surface area contributed by atoms with Gasteiger partial charge in [0.25, 0.3) is 0 Å². The number of hydrogen-bond donors (Lipinski definition) is 0. The second-order valence-electron chi connectivity index (χ2n) is 9.39. The van der Waals surface area contributed by atoms with Crippen LogP contribution in [0.1, 0.15) is 44.7 Å². The van der Waals surface area contributed by atoms with Gasteiger partial charge in [-0.2, -0.15) is 0 Å². The smallest absolute Gasteiger partial charge is 0.225 e. The van der Waals surface area contributed by atoms with E-state index in [1.165, 1.54) is 11.1 Å². The molecule has 4 heteroatoms. The van der Waals surface area contributed by atoms with Crippen molar-refractivity contribution >= 4 is 5.91 Å². The molecule has 0 aromatic heterocycles. The van der Waals surface area contributed by atoms with Crippen LogP contribution in [0.25, 0.3) is 0 Å². The van der Waals surface area contributed by atoms with E-state index >= 15 is 0 Å². The predicted octanol–water partition coefficient (Wildman–Crippen LogP) is 5.18. The molecule has 0 aliphatic carbocycles. The van der Waals surface area contributed by atoms with Crippen LogP contribution in [-0.4, -0.2) is 41.9 Å². The van der Waals surface area contributed by atoms with E-state index in [4.69, 9.17) is 0 Å². The van der Waals surface area contributed by atoms with Gasteiger partial charge >= 0.3 is 0 Å². The molecule has 1 aliphatic heterocycles. The number of likely N-dealkylation sites (tertiary alicyclic amines) is 1. The highest BCUT2D eigenvalue weighted by Crippen LogP contribution is 2.34. The number of halogens is 1. The van der Waals surface area contributed by atoms with Crippen LogP contribution in [0, 0.1) is 23.6 Å². The molecule has 1 fully saturated rings. The molecule has 2 atom stereocenters. The topological polar surface area (TPSA) is 23.6 Å². The van der Waals surface area contributed by atoms with E-state index in [9.17, 15) is 9.18 Å². The summed E-state index contributed by atoms with van der Waals surface area (Å²) in [5.74, 6) is 1.08. The Hall–Kier alpha value is -2.20. The molecule has 0 saturated carbocycles. The summed E-state index contributed by atoms with van der Waals surface area (Å²) in [7, 11) is 0. The first-order valence-electron chi connectivity index (χ1n) is 11.1. The molecule has 0 bridgehead atoms. The number of benzene rings is 2. The molecule has 3 nitrogen and oxygen atoms in total. The Morgan fingerprint density at radius 2 is 1.70 bits per heavy atom. The van der Waals surface area contributed by atoms with Crippen molar-refractivity contribution in [3.8, 4) is 0 Å². The van der Waals surface area contributed by atoms with E-state index in [1.54, 1.807) is 12.1 Å². The first-order chi connectivity index (χ1) is 14.3. The van der Waals surface area contributed by atoms with E-state index in [2.05, 4.69) is 47.9 Å². The number of carbonyl (C=O) groups excluding carboxylic acids is 1. The van der Waals surface area contributed by atoms with Crippen LogP contribution >= 0.6 is 0 Å². The quantitative estimate of drug-likeness (QED) is 0.598. The average molecular weight is 411 g/mol. The lowest BCUT2D eigenvalue weighted by Gasteiger charge is -2.31. The van der Waals surface area contributed by atoms with Gasteiger partial charge in [-0.3, -0.25) is 9.69 Å². The van der Waals surface area contributed by atoms with Crippen LogP contribution in [0.5, 0.6) is 0 Å². The van der Waals surface area contributed by atoms with Gasteiger partial charge in [0.15, 0.2) is 0 Å². The summed E-state index contributed by atoms with van der Waals surface area (Å²) in [4.78, 5) is 17.4. The fourth-order valence-corrected chi connectivity index (χ4v) is 4.55. The van der Waals surface area contributed by atoms with E-state index in [0.29, 0.717) is 17.8 Å². The van der Waals surface area contributed by atoms with Gasteiger partial charge in [0.05, 0.1) is 0 Å². The van der Waals surface area contributed by atoms with Gasteiger partial charge in [-0.15, -0.1) is 0 Å². The zero-order chi connectivity index (χ0) is 21.7. The highest BCUT2D eigenvalue weighted by Gasteiger charge is 2.36. The Labute approximate surface area is 180 Å². The number of amides is 1. The Balaban J connectivity index is 1.81. The van der Waals surface area contributed by atoms with Crippen LogP contribution in [0.15, 0.2) is 54.6 Å². The van der Waals surface area contributed by atoms with Crippen LogP contribution in [0.4, 0.5) is 4.39 Å². The zero-order valence-corrected chi connectivity index (χ0v) is 18.7. The summed E-state index contributed by atoms with van der Waals surface area (Å²) in [5, 5.41) is 0. The number of rotatable bonds is 8. The molecule has 1 amide bonds. The maximum Gasteiger partial charge on any atom is 0.225 e. The van der Waals surface area contributed by atoms with Crippen molar-refractivity contribution in [2.75, 3.05) is 26.2 Å². The lowest BCUT2D eigenvalue weighted by molar-refractivity contribution is -0.135. The minimum Gasteiger partial charge on any atom is -0.342 e. The van der Waals surface area contributed by atoms with Crippen LogP contribution < -0.4 is 0 Å². The molecule has 2 aromatic rings. The monoisotopic (exact) mass is 410 g/mol. The summed E-state index contributed by atoms with van der Waals surface area (Å²) in [6.45, 7) is 12.6. The van der Waals surface area contributed by atoms with Gasteiger partial charge in [0, 0.05) is 44.6 Å². The number of hydrogen-bond acceptors (Lipinski definition) is 2. The summed E-state index contributed by atoms with van der Waals surface area (Å²) >= 11 is 0. The molecule has 3 rings (SSSR count). The van der Waals surface area contributed by atoms with E-state index in [-0.39, 0.29) is 17.6 Å². The minimum absolute atomic E-state index is 0.00477. The largest absolute Gasteiger partial charge is 0.342 e. The van der Waals surface area contributed by atoms with Crippen molar-refractivity contribution < 1.29 is 9.18 Å². The summed E-state index contributed by atoms with van der Waals surface area (Å²) in [6, 6.07) is 17.4. The van der Waals surface area contributed by atoms with Crippen molar-refractivity contribution in [3.63, 3.8) is 0 Å². The molecule has 0 spiro atoms. The molecule has 1 aliphatic rings. The van der Waals surface area contributed by atoms with Crippen molar-refractivity contribution in [1.82, 2.24) is 9.80 Å². The molecule has 0 N–H and O–H groups in total. The molecule has 1 heterocycles. The fraction of sp³-hybridized carbons (Fsp3) is 0.500. The maximum absolute atomic E-state index is 13.5. The summed E-state index contributed by atoms with van der Waals surface area (Å²) in [5.41, 5.74) is 2.46. The highest BCUT2D eigenvalue weighted by atomic mass is 19.1. The van der Waals surface area contributed by atoms with E-state index in [0.717, 1.165) is 32.7 Å². The lowest BCUT2D eigenvalue weighted by Crippen LogP contribution is -2.41. The second kappa shape index (κ2) is 10.2. The van der Waals surface area contributed by atoms with Crippen molar-refractivity contribution in [2.24, 2.45) is 17.8 Å². The summed E-state index contributed by atoms with van der Waals surface area (Å²) in [6.07, 6.45) is 0. The fourth-order valence-electron chi connectivity index (χ4n) is 4.55. The molecular formula is C26H35FN2O.